The van der Waals surface area contributed by atoms with Gasteiger partial charge in [-0.25, -0.2) is 15.0 Å². The Kier molecular flexibility index (Phi) is 7.19. The van der Waals surface area contributed by atoms with Crippen molar-refractivity contribution in [1.29, 1.82) is 0 Å². The third-order valence-electron chi connectivity index (χ3n) is 7.68. The maximum atomic E-state index is 13.3. The molecule has 7 N–H and O–H groups in total. The maximum absolute atomic E-state index is 13.3. The number of imidazole rings is 1. The third-order valence-corrected chi connectivity index (χ3v) is 8.41. The Balaban J connectivity index is 1.20. The summed E-state index contributed by atoms with van der Waals surface area (Å²) in [6, 6.07) is 6.96. The van der Waals surface area contributed by atoms with Gasteiger partial charge in [-0.3, -0.25) is 14.4 Å². The Morgan fingerprint density at radius 1 is 1.07 bits per heavy atom. The fourth-order valence-corrected chi connectivity index (χ4v) is 5.82. The summed E-state index contributed by atoms with van der Waals surface area (Å²) < 4.78 is 1.63. The van der Waals surface area contributed by atoms with E-state index in [4.69, 9.17) is 28.9 Å². The third kappa shape index (κ3) is 4.79. The molecule has 1 aliphatic carbocycles. The average Bonchev–Trinajstić information content (AvgIpc) is 3.65. The number of nitrogens with one attached hydrogen (secondary N) is 3. The fourth-order valence-electron chi connectivity index (χ4n) is 5.49. The van der Waals surface area contributed by atoms with Gasteiger partial charge in [0.1, 0.15) is 17.9 Å². The monoisotopic (exact) mass is 610 g/mol. The second kappa shape index (κ2) is 10.8. The first-order valence-electron chi connectivity index (χ1n) is 12.9. The summed E-state index contributed by atoms with van der Waals surface area (Å²) in [5.74, 6) is -1.85. The van der Waals surface area contributed by atoms with Crippen LogP contribution in [0.2, 0.25) is 10.0 Å². The van der Waals surface area contributed by atoms with Gasteiger partial charge in [0.2, 0.25) is 0 Å². The van der Waals surface area contributed by atoms with Gasteiger partial charge < -0.3 is 36.5 Å². The molecule has 13 nitrogen and oxygen atoms in total. The molecule has 2 aromatic carbocycles. The van der Waals surface area contributed by atoms with Crippen molar-refractivity contribution in [2.24, 2.45) is 5.92 Å². The highest BCUT2D eigenvalue weighted by Crippen LogP contribution is 2.37. The van der Waals surface area contributed by atoms with Crippen molar-refractivity contribution in [3.8, 4) is 0 Å². The van der Waals surface area contributed by atoms with E-state index in [1.54, 1.807) is 22.8 Å². The van der Waals surface area contributed by atoms with Crippen LogP contribution in [0.4, 0.5) is 11.5 Å². The van der Waals surface area contributed by atoms with E-state index in [1.807, 2.05) is 0 Å². The second-order valence-electron chi connectivity index (χ2n) is 10.1. The number of carbonyl (C=O) groups excluding carboxylic acids is 3. The van der Waals surface area contributed by atoms with E-state index >= 15 is 0 Å². The Morgan fingerprint density at radius 3 is 2.57 bits per heavy atom. The van der Waals surface area contributed by atoms with Gasteiger partial charge in [0, 0.05) is 35.8 Å². The van der Waals surface area contributed by atoms with E-state index in [0.29, 0.717) is 34.4 Å². The van der Waals surface area contributed by atoms with Crippen LogP contribution < -0.4 is 21.7 Å². The SMILES string of the molecule is Nc1ncnc2c1ncn2C1CC(CNC(=O)c2cc(Cl)c(Cl)cc2C(=O)Nc2cccc3c2CNC3=O)[C@@H](O)[C@H]1O. The molecule has 2 aliphatic rings. The van der Waals surface area contributed by atoms with E-state index in [-0.39, 0.29) is 46.0 Å². The highest BCUT2D eigenvalue weighted by molar-refractivity contribution is 6.42. The van der Waals surface area contributed by atoms with Crippen molar-refractivity contribution in [1.82, 2.24) is 30.2 Å². The second-order valence-corrected chi connectivity index (χ2v) is 10.9. The van der Waals surface area contributed by atoms with Crippen molar-refractivity contribution >= 4 is 63.6 Å². The first-order chi connectivity index (χ1) is 20.1. The van der Waals surface area contributed by atoms with Gasteiger partial charge in [0.15, 0.2) is 11.5 Å². The van der Waals surface area contributed by atoms with Crippen LogP contribution in [0.25, 0.3) is 11.2 Å². The quantitative estimate of drug-likeness (QED) is 0.189. The molecular formula is C27H24Cl2N8O5. The summed E-state index contributed by atoms with van der Waals surface area (Å²) in [7, 11) is 0. The van der Waals surface area contributed by atoms with Crippen molar-refractivity contribution in [3.63, 3.8) is 0 Å². The molecule has 1 aliphatic heterocycles. The molecular weight excluding hydrogens is 587 g/mol. The van der Waals surface area contributed by atoms with Crippen molar-refractivity contribution in [2.75, 3.05) is 17.6 Å². The molecule has 0 saturated heterocycles. The molecule has 2 aromatic heterocycles. The summed E-state index contributed by atoms with van der Waals surface area (Å²) >= 11 is 12.4. The Hall–Kier alpha value is -4.30. The lowest BCUT2D eigenvalue weighted by Gasteiger charge is -2.18. The number of fused-ring (bicyclic) bond motifs is 2. The normalized spacial score (nSPS) is 21.3. The van der Waals surface area contributed by atoms with Gasteiger partial charge in [-0.2, -0.15) is 0 Å². The van der Waals surface area contributed by atoms with Crippen LogP contribution in [0, 0.1) is 5.92 Å². The van der Waals surface area contributed by atoms with E-state index < -0.39 is 36.0 Å². The van der Waals surface area contributed by atoms with Gasteiger partial charge in [-0.15, -0.1) is 0 Å². The number of aliphatic hydroxyl groups is 2. The van der Waals surface area contributed by atoms with Crippen LogP contribution in [0.15, 0.2) is 43.0 Å². The van der Waals surface area contributed by atoms with Crippen LogP contribution in [-0.2, 0) is 6.54 Å². The number of hydrogen-bond acceptors (Lipinski definition) is 9. The first kappa shape index (κ1) is 27.8. The van der Waals surface area contributed by atoms with Gasteiger partial charge in [0.25, 0.3) is 17.7 Å². The number of nitrogen functional groups attached to an aromatic ring is 1. The highest BCUT2D eigenvalue weighted by atomic mass is 35.5. The van der Waals surface area contributed by atoms with Gasteiger partial charge in [-0.05, 0) is 30.7 Å². The lowest BCUT2D eigenvalue weighted by Crippen LogP contribution is -2.36. The number of hydrogen-bond donors (Lipinski definition) is 6. The molecule has 0 radical (unpaired) electrons. The predicted octanol–water partition coefficient (Wildman–Crippen LogP) is 1.92. The van der Waals surface area contributed by atoms with Gasteiger partial charge in [0.05, 0.1) is 39.6 Å². The van der Waals surface area contributed by atoms with Crippen LogP contribution in [0.5, 0.6) is 0 Å². The maximum Gasteiger partial charge on any atom is 0.256 e. The van der Waals surface area contributed by atoms with E-state index in [1.165, 1.54) is 24.8 Å². The van der Waals surface area contributed by atoms with E-state index in [2.05, 4.69) is 30.9 Å². The molecule has 1 fully saturated rings. The van der Waals surface area contributed by atoms with Gasteiger partial charge in [-0.1, -0.05) is 29.3 Å². The number of benzene rings is 2. The number of amides is 3. The number of nitrogens with zero attached hydrogens (tertiary/aromatic N) is 4. The number of aliphatic hydroxyl groups excluding tert-OH is 2. The van der Waals surface area contributed by atoms with E-state index in [9.17, 15) is 24.6 Å². The molecule has 3 heterocycles. The van der Waals surface area contributed by atoms with Crippen molar-refractivity contribution in [3.05, 3.63) is 75.3 Å². The molecule has 2 unspecified atom stereocenters. The smallest absolute Gasteiger partial charge is 0.256 e. The van der Waals surface area contributed by atoms with Crippen LogP contribution in [0.3, 0.4) is 0 Å². The number of anilines is 2. The zero-order valence-electron chi connectivity index (χ0n) is 21.7. The minimum atomic E-state index is -1.17. The van der Waals surface area contributed by atoms with Crippen LogP contribution >= 0.6 is 23.2 Å². The molecule has 6 rings (SSSR count). The zero-order valence-corrected chi connectivity index (χ0v) is 23.2. The van der Waals surface area contributed by atoms with Crippen LogP contribution in [-0.4, -0.2) is 66.2 Å². The molecule has 4 aromatic rings. The summed E-state index contributed by atoms with van der Waals surface area (Å²) in [6.07, 6.45) is 0.725. The highest BCUT2D eigenvalue weighted by Gasteiger charge is 2.43. The van der Waals surface area contributed by atoms with E-state index in [0.717, 1.165) is 0 Å². The molecule has 42 heavy (non-hydrogen) atoms. The number of carbonyl (C=O) groups is 3. The fraction of sp³-hybridized carbons (Fsp3) is 0.259. The average molecular weight is 611 g/mol. The lowest BCUT2D eigenvalue weighted by atomic mass is 10.0. The first-order valence-corrected chi connectivity index (χ1v) is 13.7. The Morgan fingerprint density at radius 2 is 1.81 bits per heavy atom. The Bertz CT molecular complexity index is 1760. The predicted molar refractivity (Wildman–Crippen MR) is 153 cm³/mol. The molecule has 0 bridgehead atoms. The summed E-state index contributed by atoms with van der Waals surface area (Å²) in [5.41, 5.74) is 8.09. The number of nitrogens with two attached hydrogens (primary N) is 1. The van der Waals surface area contributed by atoms with Crippen molar-refractivity contribution in [2.45, 2.75) is 31.2 Å². The summed E-state index contributed by atoms with van der Waals surface area (Å²) in [4.78, 5) is 51.1. The number of aromatic nitrogens is 4. The van der Waals surface area contributed by atoms with Gasteiger partial charge >= 0.3 is 0 Å². The number of halogens is 2. The topological polar surface area (TPSA) is 197 Å². The largest absolute Gasteiger partial charge is 0.390 e. The minimum absolute atomic E-state index is 0.0153. The lowest BCUT2D eigenvalue weighted by molar-refractivity contribution is 0.00693. The molecule has 1 saturated carbocycles. The molecule has 4 atom stereocenters. The molecule has 0 spiro atoms. The minimum Gasteiger partial charge on any atom is -0.390 e. The standard InChI is InChI=1S/C27H24Cl2N8O5/c28-16-5-13(14(6-17(16)29)27(42)36-18-3-1-2-12-15(18)8-32-25(12)40)26(41)31-7-11-4-19(22(39)21(11)38)37-10-35-20-23(30)33-9-34-24(20)37/h1-3,5-6,9-11,19,21-22,38-39H,4,7-8H2,(H,31,41)(H,32,40)(H,36,42)(H2,30,33,34)/t11?,19?,21-,22+/m1/s1. The zero-order chi connectivity index (χ0) is 29.7. The molecule has 15 heteroatoms. The number of rotatable bonds is 6. The summed E-state index contributed by atoms with van der Waals surface area (Å²) in [6.45, 7) is 0.240. The molecule has 3 amide bonds. The summed E-state index contributed by atoms with van der Waals surface area (Å²) in [5, 5.41) is 30.0. The molecule has 216 valence electrons. The Labute approximate surface area is 248 Å². The van der Waals surface area contributed by atoms with Crippen LogP contribution in [0.1, 0.15) is 49.1 Å². The van der Waals surface area contributed by atoms with Crippen molar-refractivity contribution < 1.29 is 24.6 Å².